The zero-order valence-corrected chi connectivity index (χ0v) is 12.9. The van der Waals surface area contributed by atoms with Crippen LogP contribution in [-0.4, -0.2) is 10.1 Å². The lowest BCUT2D eigenvalue weighted by molar-refractivity contribution is 0.334. The summed E-state index contributed by atoms with van der Waals surface area (Å²) in [5.74, 6) is 1.94. The summed E-state index contributed by atoms with van der Waals surface area (Å²) in [6.07, 6.45) is 5.18. The topological polar surface area (TPSA) is 38.9 Å². The predicted octanol–water partition coefficient (Wildman–Crippen LogP) is 5.00. The van der Waals surface area contributed by atoms with Crippen LogP contribution in [0.5, 0.6) is 0 Å². The molecule has 0 aliphatic heterocycles. The van der Waals surface area contributed by atoms with Gasteiger partial charge in [-0.2, -0.15) is 4.98 Å². The fourth-order valence-electron chi connectivity index (χ4n) is 2.38. The summed E-state index contributed by atoms with van der Waals surface area (Å²) in [7, 11) is 0. The highest BCUT2D eigenvalue weighted by Gasteiger charge is 2.17. The number of aromatic nitrogens is 2. The van der Waals surface area contributed by atoms with Crippen molar-refractivity contribution in [3.8, 4) is 0 Å². The van der Waals surface area contributed by atoms with E-state index >= 15 is 0 Å². The lowest BCUT2D eigenvalue weighted by Gasteiger charge is -2.08. The van der Waals surface area contributed by atoms with E-state index < -0.39 is 0 Å². The number of rotatable bonds is 7. The van der Waals surface area contributed by atoms with Gasteiger partial charge < -0.3 is 4.52 Å². The van der Waals surface area contributed by atoms with Gasteiger partial charge in [-0.25, -0.2) is 0 Å². The first-order valence-electron chi connectivity index (χ1n) is 7.29. The second-order valence-corrected chi connectivity index (χ2v) is 5.56. The van der Waals surface area contributed by atoms with Crippen molar-refractivity contribution in [3.05, 3.63) is 46.6 Å². The molecular weight excluding hydrogens is 272 g/mol. The maximum absolute atomic E-state index is 5.88. The summed E-state index contributed by atoms with van der Waals surface area (Å²) < 4.78 is 5.44. The number of hydrogen-bond acceptors (Lipinski definition) is 3. The monoisotopic (exact) mass is 292 g/mol. The van der Waals surface area contributed by atoms with Gasteiger partial charge in [0.2, 0.25) is 5.89 Å². The van der Waals surface area contributed by atoms with E-state index in [0.717, 1.165) is 48.0 Å². The molecule has 2 aromatic rings. The zero-order valence-electron chi connectivity index (χ0n) is 12.1. The van der Waals surface area contributed by atoms with Crippen molar-refractivity contribution < 1.29 is 4.52 Å². The molecule has 1 aromatic heterocycles. The van der Waals surface area contributed by atoms with Gasteiger partial charge in [-0.1, -0.05) is 55.6 Å². The molecule has 0 amide bonds. The predicted molar refractivity (Wildman–Crippen MR) is 81.1 cm³/mol. The molecular formula is C16H21ClN2O. The molecule has 0 radical (unpaired) electrons. The van der Waals surface area contributed by atoms with Crippen LogP contribution in [-0.2, 0) is 6.42 Å². The van der Waals surface area contributed by atoms with E-state index in [-0.39, 0.29) is 0 Å². The molecule has 0 aliphatic rings. The fraction of sp³-hybridized carbons (Fsp3) is 0.500. The maximum Gasteiger partial charge on any atom is 0.229 e. The first kappa shape index (κ1) is 15.0. The van der Waals surface area contributed by atoms with Gasteiger partial charge in [-0.3, -0.25) is 0 Å². The number of halogens is 1. The van der Waals surface area contributed by atoms with Gasteiger partial charge in [0.15, 0.2) is 5.82 Å². The molecule has 0 unspecified atom stereocenters. The quantitative estimate of drug-likeness (QED) is 0.721. The molecule has 0 atom stereocenters. The second-order valence-electron chi connectivity index (χ2n) is 5.13. The molecule has 1 aromatic carbocycles. The van der Waals surface area contributed by atoms with Crippen LogP contribution in [0.4, 0.5) is 0 Å². The second kappa shape index (κ2) is 7.44. The highest BCUT2D eigenvalue weighted by molar-refractivity contribution is 6.30. The zero-order chi connectivity index (χ0) is 14.4. The molecule has 3 nitrogen and oxygen atoms in total. The van der Waals surface area contributed by atoms with Crippen LogP contribution in [0.25, 0.3) is 0 Å². The van der Waals surface area contributed by atoms with E-state index in [1.54, 1.807) is 0 Å². The van der Waals surface area contributed by atoms with Gasteiger partial charge in [0.1, 0.15) is 0 Å². The summed E-state index contributed by atoms with van der Waals surface area (Å²) >= 11 is 5.88. The summed E-state index contributed by atoms with van der Waals surface area (Å²) in [6, 6.07) is 7.76. The Morgan fingerprint density at radius 3 is 2.35 bits per heavy atom. The van der Waals surface area contributed by atoms with Gasteiger partial charge in [-0.05, 0) is 30.5 Å². The average Bonchev–Trinajstić information content (AvgIpc) is 2.90. The molecule has 0 spiro atoms. The highest BCUT2D eigenvalue weighted by Crippen LogP contribution is 2.25. The molecule has 108 valence electrons. The van der Waals surface area contributed by atoms with Crippen LogP contribution >= 0.6 is 11.6 Å². The first-order valence-corrected chi connectivity index (χ1v) is 7.67. The van der Waals surface area contributed by atoms with E-state index in [4.69, 9.17) is 16.1 Å². The summed E-state index contributed by atoms with van der Waals surface area (Å²) in [5, 5.41) is 4.84. The van der Waals surface area contributed by atoms with Crippen LogP contribution in [0.3, 0.4) is 0 Å². The van der Waals surface area contributed by atoms with Crippen molar-refractivity contribution in [2.45, 2.75) is 51.9 Å². The van der Waals surface area contributed by atoms with E-state index in [0.29, 0.717) is 12.3 Å². The minimum absolute atomic E-state index is 0.400. The van der Waals surface area contributed by atoms with Gasteiger partial charge in [0.05, 0.1) is 0 Å². The third-order valence-corrected chi connectivity index (χ3v) is 3.63. The van der Waals surface area contributed by atoms with Crippen molar-refractivity contribution in [2.24, 2.45) is 0 Å². The molecule has 20 heavy (non-hydrogen) atoms. The number of hydrogen-bond donors (Lipinski definition) is 0. The van der Waals surface area contributed by atoms with E-state index in [9.17, 15) is 0 Å². The lowest BCUT2D eigenvalue weighted by atomic mass is 9.98. The molecule has 0 N–H and O–H groups in total. The smallest absolute Gasteiger partial charge is 0.229 e. The molecule has 0 saturated carbocycles. The Bertz CT molecular complexity index is 516. The summed E-state index contributed by atoms with van der Waals surface area (Å²) in [4.78, 5) is 4.55. The largest absolute Gasteiger partial charge is 0.339 e. The standard InChI is InChI=1S/C16H21ClN2O/c1-3-5-13(6-4-2)16-18-15(19-20-16)11-12-7-9-14(17)10-8-12/h7-10,13H,3-6,11H2,1-2H3. The van der Waals surface area contributed by atoms with E-state index in [1.807, 2.05) is 24.3 Å². The Labute approximate surface area is 125 Å². The molecule has 1 heterocycles. The van der Waals surface area contributed by atoms with Crippen LogP contribution < -0.4 is 0 Å². The van der Waals surface area contributed by atoms with Gasteiger partial charge in [0.25, 0.3) is 0 Å². The average molecular weight is 293 g/mol. The maximum atomic E-state index is 5.88. The van der Waals surface area contributed by atoms with Crippen LogP contribution in [0.2, 0.25) is 5.02 Å². The van der Waals surface area contributed by atoms with Crippen molar-refractivity contribution in [1.29, 1.82) is 0 Å². The SMILES string of the molecule is CCCC(CCC)c1nc(Cc2ccc(Cl)cc2)no1. The summed E-state index contributed by atoms with van der Waals surface area (Å²) in [6.45, 7) is 4.38. The Hall–Kier alpha value is -1.35. The minimum Gasteiger partial charge on any atom is -0.339 e. The van der Waals surface area contributed by atoms with Crippen molar-refractivity contribution >= 4 is 11.6 Å². The van der Waals surface area contributed by atoms with E-state index in [1.165, 1.54) is 0 Å². The Morgan fingerprint density at radius 1 is 1.10 bits per heavy atom. The van der Waals surface area contributed by atoms with Crippen LogP contribution in [0, 0.1) is 0 Å². The minimum atomic E-state index is 0.400. The number of nitrogens with zero attached hydrogens (tertiary/aromatic N) is 2. The Morgan fingerprint density at radius 2 is 1.75 bits per heavy atom. The molecule has 0 fully saturated rings. The normalized spacial score (nSPS) is 11.2. The van der Waals surface area contributed by atoms with E-state index in [2.05, 4.69) is 24.0 Å². The Balaban J connectivity index is 2.05. The molecule has 2 rings (SSSR count). The third-order valence-electron chi connectivity index (χ3n) is 3.38. The first-order chi connectivity index (χ1) is 9.72. The van der Waals surface area contributed by atoms with Gasteiger partial charge in [0, 0.05) is 17.4 Å². The van der Waals surface area contributed by atoms with Crippen molar-refractivity contribution in [3.63, 3.8) is 0 Å². The highest BCUT2D eigenvalue weighted by atomic mass is 35.5. The van der Waals surface area contributed by atoms with Gasteiger partial charge >= 0.3 is 0 Å². The molecule has 0 saturated heterocycles. The molecule has 0 bridgehead atoms. The van der Waals surface area contributed by atoms with Crippen LogP contribution in [0.15, 0.2) is 28.8 Å². The summed E-state index contributed by atoms with van der Waals surface area (Å²) in [5.41, 5.74) is 1.14. The van der Waals surface area contributed by atoms with Gasteiger partial charge in [-0.15, -0.1) is 0 Å². The number of benzene rings is 1. The fourth-order valence-corrected chi connectivity index (χ4v) is 2.50. The van der Waals surface area contributed by atoms with Crippen molar-refractivity contribution in [1.82, 2.24) is 10.1 Å². The van der Waals surface area contributed by atoms with Crippen molar-refractivity contribution in [2.75, 3.05) is 0 Å². The lowest BCUT2D eigenvalue weighted by Crippen LogP contribution is -1.99. The van der Waals surface area contributed by atoms with Crippen LogP contribution in [0.1, 0.15) is 62.7 Å². The third kappa shape index (κ3) is 4.07. The Kier molecular flexibility index (Phi) is 5.60. The molecule has 0 aliphatic carbocycles. The molecule has 4 heteroatoms.